The average Bonchev–Trinajstić information content (AvgIpc) is 3.16. The molecule has 1 saturated heterocycles. The van der Waals surface area contributed by atoms with E-state index < -0.39 is 10.0 Å². The van der Waals surface area contributed by atoms with Gasteiger partial charge in [-0.3, -0.25) is 4.79 Å². The average molecular weight is 424 g/mol. The number of rotatable bonds is 6. The van der Waals surface area contributed by atoms with Gasteiger partial charge in [0, 0.05) is 30.7 Å². The van der Waals surface area contributed by atoms with Crippen molar-refractivity contribution in [3.63, 3.8) is 0 Å². The Bertz CT molecular complexity index is 906. The lowest BCUT2D eigenvalue weighted by atomic mass is 10.1. The van der Waals surface area contributed by atoms with E-state index in [1.165, 1.54) is 12.1 Å². The summed E-state index contributed by atoms with van der Waals surface area (Å²) < 4.78 is 28.2. The van der Waals surface area contributed by atoms with Crippen molar-refractivity contribution in [1.29, 1.82) is 0 Å². The van der Waals surface area contributed by atoms with Crippen LogP contribution in [0.2, 0.25) is 0 Å². The van der Waals surface area contributed by atoms with E-state index in [1.807, 2.05) is 30.3 Å². The maximum atomic E-state index is 12.8. The van der Waals surface area contributed by atoms with E-state index in [1.54, 1.807) is 24.0 Å². The Morgan fingerprint density at radius 1 is 1.21 bits per heavy atom. The van der Waals surface area contributed by atoms with E-state index >= 15 is 0 Å². The van der Waals surface area contributed by atoms with Crippen molar-refractivity contribution in [2.75, 3.05) is 13.1 Å². The van der Waals surface area contributed by atoms with Gasteiger partial charge in [0.2, 0.25) is 10.0 Å². The summed E-state index contributed by atoms with van der Waals surface area (Å²) in [6.45, 7) is 2.86. The number of nitrogens with two attached hydrogens (primary N) is 1. The van der Waals surface area contributed by atoms with Crippen LogP contribution in [0.3, 0.4) is 0 Å². The van der Waals surface area contributed by atoms with Crippen molar-refractivity contribution in [3.8, 4) is 0 Å². The summed E-state index contributed by atoms with van der Waals surface area (Å²) in [5.74, 6) is -0.170. The quantitative estimate of drug-likeness (QED) is 0.747. The zero-order valence-electron chi connectivity index (χ0n) is 15.7. The molecule has 0 bridgehead atoms. The van der Waals surface area contributed by atoms with Gasteiger partial charge in [0.15, 0.2) is 0 Å². The minimum absolute atomic E-state index is 0. The van der Waals surface area contributed by atoms with Gasteiger partial charge in [-0.2, -0.15) is 0 Å². The summed E-state index contributed by atoms with van der Waals surface area (Å²) >= 11 is 0. The molecule has 2 aromatic rings. The molecule has 8 heteroatoms. The molecule has 0 aliphatic carbocycles. The Kier molecular flexibility index (Phi) is 7.60. The lowest BCUT2D eigenvalue weighted by molar-refractivity contribution is 0.0741. The standard InChI is InChI=1S/C20H25N3O3S.ClH/c1-15(16-7-3-2-4-8-16)22-27(25,26)19-11-5-9-17(13-19)20(24)23-12-6-10-18(23)14-21;/h2-5,7-9,11,13,15,18,22H,6,10,12,14,21H2,1H3;1H. The van der Waals surface area contributed by atoms with Crippen LogP contribution >= 0.6 is 12.4 Å². The van der Waals surface area contributed by atoms with Crippen LogP contribution in [0.4, 0.5) is 0 Å². The van der Waals surface area contributed by atoms with E-state index in [0.29, 0.717) is 18.7 Å². The molecule has 2 aromatic carbocycles. The summed E-state index contributed by atoms with van der Waals surface area (Å²) in [5, 5.41) is 0. The number of hydrogen-bond donors (Lipinski definition) is 2. The first-order valence-corrected chi connectivity index (χ1v) is 10.6. The molecule has 0 radical (unpaired) electrons. The highest BCUT2D eigenvalue weighted by Crippen LogP contribution is 2.22. The number of hydrogen-bond acceptors (Lipinski definition) is 4. The molecule has 2 unspecified atom stereocenters. The van der Waals surface area contributed by atoms with Gasteiger partial charge in [0.05, 0.1) is 4.90 Å². The van der Waals surface area contributed by atoms with Crippen molar-refractivity contribution in [3.05, 3.63) is 65.7 Å². The molecule has 0 saturated carbocycles. The summed E-state index contributed by atoms with van der Waals surface area (Å²) in [4.78, 5) is 14.6. The van der Waals surface area contributed by atoms with Crippen LogP contribution < -0.4 is 10.5 Å². The fourth-order valence-electron chi connectivity index (χ4n) is 3.42. The molecule has 1 aliphatic heterocycles. The lowest BCUT2D eigenvalue weighted by Gasteiger charge is -2.23. The van der Waals surface area contributed by atoms with Crippen LogP contribution in [0.5, 0.6) is 0 Å². The Labute approximate surface area is 172 Å². The Hall–Kier alpha value is -1.93. The maximum Gasteiger partial charge on any atom is 0.254 e. The summed E-state index contributed by atoms with van der Waals surface area (Å²) in [6.07, 6.45) is 1.80. The van der Waals surface area contributed by atoms with Crippen LogP contribution in [-0.2, 0) is 10.0 Å². The number of carbonyl (C=O) groups is 1. The van der Waals surface area contributed by atoms with Crippen LogP contribution in [0, 0.1) is 0 Å². The molecule has 2 atom stereocenters. The highest BCUT2D eigenvalue weighted by molar-refractivity contribution is 7.89. The molecule has 3 rings (SSSR count). The maximum absolute atomic E-state index is 12.8. The number of nitrogens with one attached hydrogen (secondary N) is 1. The van der Waals surface area contributed by atoms with Crippen molar-refractivity contribution in [1.82, 2.24) is 9.62 Å². The van der Waals surface area contributed by atoms with Crippen molar-refractivity contribution in [2.45, 2.75) is 36.7 Å². The number of halogens is 1. The smallest absolute Gasteiger partial charge is 0.254 e. The van der Waals surface area contributed by atoms with Gasteiger partial charge in [0.25, 0.3) is 5.91 Å². The fraction of sp³-hybridized carbons (Fsp3) is 0.350. The van der Waals surface area contributed by atoms with E-state index in [2.05, 4.69) is 4.72 Å². The van der Waals surface area contributed by atoms with E-state index in [-0.39, 0.29) is 35.3 Å². The van der Waals surface area contributed by atoms with Gasteiger partial charge in [-0.15, -0.1) is 12.4 Å². The molecular weight excluding hydrogens is 398 g/mol. The number of nitrogens with zero attached hydrogens (tertiary/aromatic N) is 1. The summed E-state index contributed by atoms with van der Waals surface area (Å²) in [5.41, 5.74) is 6.99. The van der Waals surface area contributed by atoms with E-state index in [9.17, 15) is 13.2 Å². The molecular formula is C20H26ClN3O3S. The summed E-state index contributed by atoms with van der Waals surface area (Å²) in [7, 11) is -3.75. The Morgan fingerprint density at radius 3 is 2.61 bits per heavy atom. The van der Waals surface area contributed by atoms with Gasteiger partial charge in [-0.25, -0.2) is 13.1 Å². The molecule has 1 aliphatic rings. The van der Waals surface area contributed by atoms with Gasteiger partial charge in [0.1, 0.15) is 0 Å². The second-order valence-electron chi connectivity index (χ2n) is 6.81. The zero-order chi connectivity index (χ0) is 19.4. The summed E-state index contributed by atoms with van der Waals surface area (Å²) in [6, 6.07) is 15.2. The molecule has 1 amide bonds. The molecule has 28 heavy (non-hydrogen) atoms. The first-order valence-electron chi connectivity index (χ1n) is 9.11. The normalized spacial score (nSPS) is 17.8. The molecule has 1 fully saturated rings. The van der Waals surface area contributed by atoms with Crippen molar-refractivity contribution >= 4 is 28.3 Å². The number of sulfonamides is 1. The number of carbonyl (C=O) groups excluding carboxylic acids is 1. The first kappa shape index (κ1) is 22.4. The lowest BCUT2D eigenvalue weighted by Crippen LogP contribution is -2.40. The third kappa shape index (κ3) is 4.91. The zero-order valence-corrected chi connectivity index (χ0v) is 17.4. The predicted molar refractivity (Wildman–Crippen MR) is 112 cm³/mol. The van der Waals surface area contributed by atoms with Crippen LogP contribution in [0.15, 0.2) is 59.5 Å². The van der Waals surface area contributed by atoms with Crippen LogP contribution in [0.1, 0.15) is 41.7 Å². The predicted octanol–water partition coefficient (Wildman–Crippen LogP) is 2.71. The minimum atomic E-state index is -3.75. The second kappa shape index (κ2) is 9.52. The minimum Gasteiger partial charge on any atom is -0.334 e. The van der Waals surface area contributed by atoms with E-state index in [4.69, 9.17) is 5.73 Å². The van der Waals surface area contributed by atoms with Crippen LogP contribution in [0.25, 0.3) is 0 Å². The first-order chi connectivity index (χ1) is 12.9. The third-order valence-electron chi connectivity index (χ3n) is 4.93. The molecule has 0 aromatic heterocycles. The Morgan fingerprint density at radius 2 is 1.93 bits per heavy atom. The monoisotopic (exact) mass is 423 g/mol. The van der Waals surface area contributed by atoms with Gasteiger partial charge in [-0.05, 0) is 43.5 Å². The van der Waals surface area contributed by atoms with Crippen molar-refractivity contribution in [2.24, 2.45) is 5.73 Å². The molecule has 0 spiro atoms. The van der Waals surface area contributed by atoms with Gasteiger partial charge < -0.3 is 10.6 Å². The number of benzene rings is 2. The highest BCUT2D eigenvalue weighted by Gasteiger charge is 2.29. The van der Waals surface area contributed by atoms with Gasteiger partial charge >= 0.3 is 0 Å². The van der Waals surface area contributed by atoms with E-state index in [0.717, 1.165) is 18.4 Å². The highest BCUT2D eigenvalue weighted by atomic mass is 35.5. The fourth-order valence-corrected chi connectivity index (χ4v) is 4.70. The molecule has 152 valence electrons. The molecule has 3 N–H and O–H groups in total. The molecule has 1 heterocycles. The van der Waals surface area contributed by atoms with Crippen LogP contribution in [-0.4, -0.2) is 38.4 Å². The molecule has 6 nitrogen and oxygen atoms in total. The van der Waals surface area contributed by atoms with Crippen molar-refractivity contribution < 1.29 is 13.2 Å². The topological polar surface area (TPSA) is 92.5 Å². The van der Waals surface area contributed by atoms with Gasteiger partial charge in [-0.1, -0.05) is 36.4 Å². The number of likely N-dealkylation sites (tertiary alicyclic amines) is 1. The SMILES string of the molecule is CC(NS(=O)(=O)c1cccc(C(=O)N2CCCC2CN)c1)c1ccccc1.Cl. The Balaban J connectivity index is 0.00000280. The third-order valence-corrected chi connectivity index (χ3v) is 6.47. The second-order valence-corrected chi connectivity index (χ2v) is 8.53. The number of amides is 1. The largest absolute Gasteiger partial charge is 0.334 e.